The number of hydrogen-bond acceptors (Lipinski definition) is 6. The first kappa shape index (κ1) is 22.1. The van der Waals surface area contributed by atoms with Crippen LogP contribution in [0, 0.1) is 11.3 Å². The van der Waals surface area contributed by atoms with E-state index in [1.54, 1.807) is 24.3 Å². The number of carbonyl (C=O) groups excluding carboxylic acids is 2. The van der Waals surface area contributed by atoms with E-state index >= 15 is 0 Å². The first-order valence-corrected chi connectivity index (χ1v) is 8.90. The molecule has 150 valence electrons. The van der Waals surface area contributed by atoms with Crippen LogP contribution in [0.5, 0.6) is 11.5 Å². The summed E-state index contributed by atoms with van der Waals surface area (Å²) >= 11 is 12.2. The summed E-state index contributed by atoms with van der Waals surface area (Å²) in [5.74, 6) is -0.871. The fourth-order valence-corrected chi connectivity index (χ4v) is 2.68. The van der Waals surface area contributed by atoms with Crippen molar-refractivity contribution >= 4 is 46.8 Å². The monoisotopic (exact) mass is 434 g/mol. The van der Waals surface area contributed by atoms with Crippen molar-refractivity contribution in [2.45, 2.75) is 0 Å². The second-order valence-electron chi connectivity index (χ2n) is 5.50. The summed E-state index contributed by atoms with van der Waals surface area (Å²) in [5, 5.41) is 12.4. The van der Waals surface area contributed by atoms with Gasteiger partial charge in [0.15, 0.2) is 18.1 Å². The maximum Gasteiger partial charge on any atom is 0.343 e. The summed E-state index contributed by atoms with van der Waals surface area (Å²) < 4.78 is 15.1. The Labute approximate surface area is 177 Å². The largest absolute Gasteiger partial charge is 0.493 e. The molecule has 7 nitrogen and oxygen atoms in total. The molecule has 0 atom stereocenters. The van der Waals surface area contributed by atoms with Gasteiger partial charge in [-0.15, -0.1) is 0 Å². The Balaban J connectivity index is 2.29. The van der Waals surface area contributed by atoms with Gasteiger partial charge in [-0.1, -0.05) is 35.3 Å². The highest BCUT2D eigenvalue weighted by Crippen LogP contribution is 2.37. The zero-order chi connectivity index (χ0) is 21.4. The number of nitrogens with zero attached hydrogens (tertiary/aromatic N) is 1. The van der Waals surface area contributed by atoms with Gasteiger partial charge in [0.1, 0.15) is 11.6 Å². The fourth-order valence-electron chi connectivity index (χ4n) is 2.22. The van der Waals surface area contributed by atoms with Crippen LogP contribution >= 0.6 is 23.2 Å². The summed E-state index contributed by atoms with van der Waals surface area (Å²) in [6.45, 7) is -0.356. The van der Waals surface area contributed by atoms with Crippen molar-refractivity contribution in [3.8, 4) is 17.6 Å². The van der Waals surface area contributed by atoms with E-state index in [2.05, 4.69) is 10.1 Å². The van der Waals surface area contributed by atoms with Crippen LogP contribution in [0.25, 0.3) is 6.08 Å². The molecule has 0 spiro atoms. The summed E-state index contributed by atoms with van der Waals surface area (Å²) in [6.07, 6.45) is 1.34. The van der Waals surface area contributed by atoms with Crippen LogP contribution in [-0.4, -0.2) is 32.7 Å². The lowest BCUT2D eigenvalue weighted by molar-refractivity contribution is -0.142. The van der Waals surface area contributed by atoms with E-state index in [-0.39, 0.29) is 28.7 Å². The SMILES string of the molecule is COC(=O)COc1c(Cl)cc(/C=C(\C#N)C(=O)Nc2ccccc2Cl)cc1OC. The Hall–Kier alpha value is -3.21. The molecule has 0 fully saturated rings. The zero-order valence-corrected chi connectivity index (χ0v) is 17.0. The smallest absolute Gasteiger partial charge is 0.343 e. The van der Waals surface area contributed by atoms with Crippen molar-refractivity contribution in [2.24, 2.45) is 0 Å². The Morgan fingerprint density at radius 3 is 2.52 bits per heavy atom. The number of nitriles is 1. The van der Waals surface area contributed by atoms with Gasteiger partial charge in [0.25, 0.3) is 5.91 Å². The number of ether oxygens (including phenoxy) is 3. The molecule has 0 bridgehead atoms. The van der Waals surface area contributed by atoms with Gasteiger partial charge in [-0.2, -0.15) is 5.26 Å². The van der Waals surface area contributed by atoms with Crippen molar-refractivity contribution in [3.63, 3.8) is 0 Å². The molecule has 2 aromatic carbocycles. The third kappa shape index (κ3) is 5.88. The van der Waals surface area contributed by atoms with E-state index in [0.29, 0.717) is 16.3 Å². The lowest BCUT2D eigenvalue weighted by Crippen LogP contribution is -2.14. The Kier molecular flexibility index (Phi) is 7.89. The Morgan fingerprint density at radius 1 is 1.17 bits per heavy atom. The lowest BCUT2D eigenvalue weighted by Gasteiger charge is -2.13. The van der Waals surface area contributed by atoms with E-state index in [1.165, 1.54) is 32.4 Å². The molecule has 2 aromatic rings. The first-order chi connectivity index (χ1) is 13.9. The summed E-state index contributed by atoms with van der Waals surface area (Å²) in [6, 6.07) is 11.5. The molecular weight excluding hydrogens is 419 g/mol. The lowest BCUT2D eigenvalue weighted by atomic mass is 10.1. The number of rotatable bonds is 7. The Morgan fingerprint density at radius 2 is 1.90 bits per heavy atom. The molecule has 9 heteroatoms. The number of halogens is 2. The number of hydrogen-bond donors (Lipinski definition) is 1. The minimum Gasteiger partial charge on any atom is -0.493 e. The molecular formula is C20H16Cl2N2O5. The summed E-state index contributed by atoms with van der Waals surface area (Å²) in [7, 11) is 2.62. The number of esters is 1. The first-order valence-electron chi connectivity index (χ1n) is 8.14. The number of anilines is 1. The van der Waals surface area contributed by atoms with E-state index < -0.39 is 11.9 Å². The highest BCUT2D eigenvalue weighted by Gasteiger charge is 2.16. The van der Waals surface area contributed by atoms with E-state index in [0.717, 1.165) is 0 Å². The van der Waals surface area contributed by atoms with Crippen molar-refractivity contribution in [2.75, 3.05) is 26.1 Å². The van der Waals surface area contributed by atoms with E-state index in [1.807, 2.05) is 6.07 Å². The van der Waals surface area contributed by atoms with Crippen molar-refractivity contribution in [1.82, 2.24) is 0 Å². The number of amides is 1. The third-order valence-corrected chi connectivity index (χ3v) is 4.22. The van der Waals surface area contributed by atoms with Crippen LogP contribution in [0.3, 0.4) is 0 Å². The average molecular weight is 435 g/mol. The second kappa shape index (κ2) is 10.4. The molecule has 0 radical (unpaired) electrons. The number of carbonyl (C=O) groups is 2. The predicted octanol–water partition coefficient (Wildman–Crippen LogP) is 4.10. The van der Waals surface area contributed by atoms with Gasteiger partial charge < -0.3 is 19.5 Å². The fraction of sp³-hybridized carbons (Fsp3) is 0.150. The minimum absolute atomic E-state index is 0.128. The van der Waals surface area contributed by atoms with Crippen LogP contribution < -0.4 is 14.8 Å². The molecule has 1 N–H and O–H groups in total. The number of methoxy groups -OCH3 is 2. The minimum atomic E-state index is -0.637. The molecule has 29 heavy (non-hydrogen) atoms. The standard InChI is InChI=1S/C20H16Cl2N2O5/c1-27-17-9-12(8-15(22)19(17)29-11-18(25)28-2)7-13(10-23)20(26)24-16-6-4-3-5-14(16)21/h3-9H,11H2,1-2H3,(H,24,26)/b13-7+. The highest BCUT2D eigenvalue weighted by atomic mass is 35.5. The zero-order valence-electron chi connectivity index (χ0n) is 15.5. The maximum atomic E-state index is 12.4. The molecule has 1 amide bonds. The summed E-state index contributed by atoms with van der Waals surface area (Å²) in [5.41, 5.74) is 0.622. The predicted molar refractivity (Wildman–Crippen MR) is 109 cm³/mol. The van der Waals surface area contributed by atoms with Gasteiger partial charge >= 0.3 is 5.97 Å². The van der Waals surface area contributed by atoms with Gasteiger partial charge in [-0.25, -0.2) is 4.79 Å². The molecule has 0 unspecified atom stereocenters. The quantitative estimate of drug-likeness (QED) is 0.400. The summed E-state index contributed by atoms with van der Waals surface area (Å²) in [4.78, 5) is 23.7. The van der Waals surface area contributed by atoms with Crippen molar-refractivity contribution in [1.29, 1.82) is 5.26 Å². The van der Waals surface area contributed by atoms with Gasteiger partial charge in [0, 0.05) is 0 Å². The maximum absolute atomic E-state index is 12.4. The van der Waals surface area contributed by atoms with Crippen LogP contribution in [0.15, 0.2) is 42.0 Å². The molecule has 0 aliphatic rings. The normalized spacial score (nSPS) is 10.7. The molecule has 0 aliphatic heterocycles. The number of benzene rings is 2. The van der Waals surface area contributed by atoms with Crippen molar-refractivity contribution in [3.05, 3.63) is 57.6 Å². The van der Waals surface area contributed by atoms with Crippen LogP contribution in [0.4, 0.5) is 5.69 Å². The molecule has 0 heterocycles. The van der Waals surface area contributed by atoms with Crippen LogP contribution in [0.2, 0.25) is 10.0 Å². The highest BCUT2D eigenvalue weighted by molar-refractivity contribution is 6.34. The van der Waals surface area contributed by atoms with Gasteiger partial charge in [-0.05, 0) is 35.9 Å². The number of nitrogens with one attached hydrogen (secondary N) is 1. The molecule has 2 rings (SSSR count). The topological polar surface area (TPSA) is 97.7 Å². The van der Waals surface area contributed by atoms with Crippen molar-refractivity contribution < 1.29 is 23.8 Å². The Bertz CT molecular complexity index is 999. The third-order valence-electron chi connectivity index (χ3n) is 3.61. The van der Waals surface area contributed by atoms with Crippen LogP contribution in [0.1, 0.15) is 5.56 Å². The second-order valence-corrected chi connectivity index (χ2v) is 6.32. The molecule has 0 saturated carbocycles. The van der Waals surface area contributed by atoms with E-state index in [4.69, 9.17) is 32.7 Å². The van der Waals surface area contributed by atoms with Crippen LogP contribution in [-0.2, 0) is 14.3 Å². The molecule has 0 saturated heterocycles. The molecule has 0 aromatic heterocycles. The average Bonchev–Trinajstić information content (AvgIpc) is 2.72. The molecule has 0 aliphatic carbocycles. The van der Waals surface area contributed by atoms with Gasteiger partial charge in [-0.3, -0.25) is 4.79 Å². The van der Waals surface area contributed by atoms with Gasteiger partial charge in [0.2, 0.25) is 0 Å². The van der Waals surface area contributed by atoms with Gasteiger partial charge in [0.05, 0.1) is 30.0 Å². The number of para-hydroxylation sites is 1. The van der Waals surface area contributed by atoms with E-state index in [9.17, 15) is 14.9 Å².